The second kappa shape index (κ2) is 11.1. The maximum Gasteiger partial charge on any atom is 0.251 e. The number of H-pyrrole nitrogens is 1. The Hall–Kier alpha value is -3.49. The number of amides is 1. The van der Waals surface area contributed by atoms with Crippen molar-refractivity contribution >= 4 is 28.3 Å². The van der Waals surface area contributed by atoms with Gasteiger partial charge in [0.15, 0.2) is 11.7 Å². The fourth-order valence-corrected chi connectivity index (χ4v) is 4.50. The summed E-state index contributed by atoms with van der Waals surface area (Å²) in [6.45, 7) is 4.78. The number of piperidine rings is 1. The number of nitrogens with zero attached hydrogens (tertiary/aromatic N) is 3. The SMILES string of the molecule is CC(=O)c1ccc2[nH]c(O)c(C(=NC3CCN(C)CC3)c3ccc(C(=O)NCCN(C)C)cc3)c2c1. The van der Waals surface area contributed by atoms with Gasteiger partial charge in [0.1, 0.15) is 0 Å². The van der Waals surface area contributed by atoms with E-state index in [9.17, 15) is 14.7 Å². The van der Waals surface area contributed by atoms with E-state index in [-0.39, 0.29) is 23.6 Å². The van der Waals surface area contributed by atoms with Crippen LogP contribution in [0.15, 0.2) is 47.5 Å². The normalized spacial score (nSPS) is 15.5. The van der Waals surface area contributed by atoms with Crippen molar-refractivity contribution in [3.63, 3.8) is 0 Å². The number of aromatic nitrogens is 1. The standard InChI is InChI=1S/C28H35N5O3/c1-18(34)21-9-10-24-23(17-21)25(28(36)31-24)26(30-22-11-14-33(4)15-12-22)19-5-7-20(8-6-19)27(35)29-13-16-32(2)3/h5-10,17,22,31,36H,11-16H2,1-4H3,(H,29,35). The van der Waals surface area contributed by atoms with Gasteiger partial charge < -0.3 is 25.2 Å². The number of aromatic hydroxyl groups is 1. The molecule has 1 aliphatic heterocycles. The van der Waals surface area contributed by atoms with Crippen LogP contribution >= 0.6 is 0 Å². The molecule has 0 unspecified atom stereocenters. The number of fused-ring (bicyclic) bond motifs is 1. The fraction of sp³-hybridized carbons (Fsp3) is 0.393. The summed E-state index contributed by atoms with van der Waals surface area (Å²) in [5.74, 6) is -0.150. The molecule has 3 aromatic rings. The first kappa shape index (κ1) is 25.6. The van der Waals surface area contributed by atoms with Crippen LogP contribution < -0.4 is 5.32 Å². The number of rotatable bonds is 8. The van der Waals surface area contributed by atoms with Crippen molar-refractivity contribution in [2.24, 2.45) is 4.99 Å². The minimum absolute atomic E-state index is 0.0166. The molecule has 1 saturated heterocycles. The third-order valence-electron chi connectivity index (χ3n) is 6.69. The van der Waals surface area contributed by atoms with Crippen molar-refractivity contribution in [3.05, 3.63) is 64.7 Å². The van der Waals surface area contributed by atoms with Crippen molar-refractivity contribution in [1.29, 1.82) is 0 Å². The van der Waals surface area contributed by atoms with E-state index in [4.69, 9.17) is 4.99 Å². The van der Waals surface area contributed by atoms with E-state index in [1.165, 1.54) is 6.92 Å². The number of aromatic amines is 1. The highest BCUT2D eigenvalue weighted by molar-refractivity contribution is 6.22. The first-order chi connectivity index (χ1) is 17.2. The van der Waals surface area contributed by atoms with Gasteiger partial charge in [-0.3, -0.25) is 14.6 Å². The number of carbonyl (C=O) groups excluding carboxylic acids is 2. The molecule has 190 valence electrons. The van der Waals surface area contributed by atoms with Crippen LogP contribution in [0.5, 0.6) is 5.88 Å². The van der Waals surface area contributed by atoms with Gasteiger partial charge in [0.05, 0.1) is 17.3 Å². The summed E-state index contributed by atoms with van der Waals surface area (Å²) in [4.78, 5) is 37.1. The van der Waals surface area contributed by atoms with Crippen LogP contribution in [-0.4, -0.2) is 90.7 Å². The second-order valence-corrected chi connectivity index (χ2v) is 9.81. The molecule has 0 atom stereocenters. The molecule has 1 fully saturated rings. The first-order valence-electron chi connectivity index (χ1n) is 12.4. The molecule has 1 aromatic heterocycles. The Morgan fingerprint density at radius 1 is 1.08 bits per heavy atom. The number of Topliss-reactive ketones (excluding diaryl/α,β-unsaturated/α-hetero) is 1. The maximum absolute atomic E-state index is 12.6. The molecule has 4 rings (SSSR count). The van der Waals surface area contributed by atoms with Gasteiger partial charge in [-0.2, -0.15) is 0 Å². The molecule has 0 bridgehead atoms. The summed E-state index contributed by atoms with van der Waals surface area (Å²) in [6.07, 6.45) is 1.85. The van der Waals surface area contributed by atoms with Crippen molar-refractivity contribution in [2.45, 2.75) is 25.8 Å². The van der Waals surface area contributed by atoms with Crippen molar-refractivity contribution in [1.82, 2.24) is 20.1 Å². The zero-order valence-electron chi connectivity index (χ0n) is 21.5. The van der Waals surface area contributed by atoms with Crippen LogP contribution in [-0.2, 0) is 0 Å². The number of aliphatic imine (C=N–C) groups is 1. The molecule has 2 aromatic carbocycles. The van der Waals surface area contributed by atoms with Gasteiger partial charge in [0.2, 0.25) is 0 Å². The van der Waals surface area contributed by atoms with Crippen molar-refractivity contribution in [2.75, 3.05) is 47.3 Å². The maximum atomic E-state index is 12.6. The Morgan fingerprint density at radius 2 is 1.72 bits per heavy atom. The van der Waals surface area contributed by atoms with E-state index in [1.54, 1.807) is 24.3 Å². The second-order valence-electron chi connectivity index (χ2n) is 9.81. The Morgan fingerprint density at radius 3 is 2.36 bits per heavy atom. The van der Waals surface area contributed by atoms with Crippen LogP contribution in [0.4, 0.5) is 0 Å². The van der Waals surface area contributed by atoms with Crippen LogP contribution in [0.2, 0.25) is 0 Å². The van der Waals surface area contributed by atoms with E-state index in [1.807, 2.05) is 37.2 Å². The lowest BCUT2D eigenvalue weighted by Crippen LogP contribution is -2.32. The van der Waals surface area contributed by atoms with Gasteiger partial charge in [-0.05, 0) is 84.3 Å². The topological polar surface area (TPSA) is 101 Å². The van der Waals surface area contributed by atoms with Gasteiger partial charge in [0.25, 0.3) is 5.91 Å². The molecule has 1 amide bonds. The summed E-state index contributed by atoms with van der Waals surface area (Å²) in [7, 11) is 6.04. The molecule has 0 saturated carbocycles. The number of carbonyl (C=O) groups is 2. The molecule has 0 radical (unpaired) electrons. The molecule has 3 N–H and O–H groups in total. The lowest BCUT2D eigenvalue weighted by atomic mass is 9.97. The Kier molecular flexibility index (Phi) is 7.86. The van der Waals surface area contributed by atoms with Crippen molar-refractivity contribution in [3.8, 4) is 5.88 Å². The van der Waals surface area contributed by atoms with Crippen LogP contribution in [0.3, 0.4) is 0 Å². The van der Waals surface area contributed by atoms with Gasteiger partial charge in [-0.15, -0.1) is 0 Å². The molecule has 8 heteroatoms. The zero-order chi connectivity index (χ0) is 25.8. The number of nitrogens with one attached hydrogen (secondary N) is 2. The minimum Gasteiger partial charge on any atom is -0.494 e. The zero-order valence-corrected chi connectivity index (χ0v) is 21.5. The number of hydrogen-bond donors (Lipinski definition) is 3. The predicted octanol–water partition coefficient (Wildman–Crippen LogP) is 3.30. The smallest absolute Gasteiger partial charge is 0.251 e. The van der Waals surface area contributed by atoms with Crippen LogP contribution in [0.25, 0.3) is 10.9 Å². The fourth-order valence-electron chi connectivity index (χ4n) is 4.50. The van der Waals surface area contributed by atoms with Crippen molar-refractivity contribution < 1.29 is 14.7 Å². The van der Waals surface area contributed by atoms with Crippen LogP contribution in [0.1, 0.15) is 51.6 Å². The number of hydrogen-bond acceptors (Lipinski definition) is 6. The van der Waals surface area contributed by atoms with E-state index < -0.39 is 0 Å². The molecule has 0 spiro atoms. The van der Waals surface area contributed by atoms with Gasteiger partial charge in [-0.25, -0.2) is 0 Å². The predicted molar refractivity (Wildman–Crippen MR) is 143 cm³/mol. The molecule has 8 nitrogen and oxygen atoms in total. The summed E-state index contributed by atoms with van der Waals surface area (Å²) < 4.78 is 0. The average molecular weight is 490 g/mol. The van der Waals surface area contributed by atoms with E-state index in [2.05, 4.69) is 22.2 Å². The van der Waals surface area contributed by atoms with Crippen LogP contribution in [0, 0.1) is 0 Å². The highest BCUT2D eigenvalue weighted by Gasteiger charge is 2.23. The lowest BCUT2D eigenvalue weighted by molar-refractivity contribution is 0.0950. The summed E-state index contributed by atoms with van der Waals surface area (Å²) in [6, 6.07) is 12.8. The highest BCUT2D eigenvalue weighted by atomic mass is 16.3. The van der Waals surface area contributed by atoms with E-state index in [0.717, 1.165) is 48.9 Å². The molecular formula is C28H35N5O3. The van der Waals surface area contributed by atoms with Gasteiger partial charge >= 0.3 is 0 Å². The summed E-state index contributed by atoms with van der Waals surface area (Å²) in [5.41, 5.74) is 3.93. The molecule has 0 aliphatic carbocycles. The molecule has 2 heterocycles. The number of benzene rings is 2. The Bertz CT molecular complexity index is 1270. The average Bonchev–Trinajstić information content (AvgIpc) is 3.18. The Labute approximate surface area is 212 Å². The highest BCUT2D eigenvalue weighted by Crippen LogP contribution is 2.32. The quantitative estimate of drug-likeness (QED) is 0.333. The van der Waals surface area contributed by atoms with E-state index >= 15 is 0 Å². The largest absolute Gasteiger partial charge is 0.494 e. The molecular weight excluding hydrogens is 454 g/mol. The van der Waals surface area contributed by atoms with Gasteiger partial charge in [-0.1, -0.05) is 12.1 Å². The summed E-state index contributed by atoms with van der Waals surface area (Å²) >= 11 is 0. The third kappa shape index (κ3) is 5.83. The number of ketones is 1. The number of likely N-dealkylation sites (N-methyl/N-ethyl adjacent to an activating group) is 1. The van der Waals surface area contributed by atoms with Gasteiger partial charge in [0, 0.05) is 40.7 Å². The lowest BCUT2D eigenvalue weighted by Gasteiger charge is -2.27. The van der Waals surface area contributed by atoms with E-state index in [0.29, 0.717) is 28.9 Å². The summed E-state index contributed by atoms with van der Waals surface area (Å²) in [5, 5.41) is 14.6. The Balaban J connectivity index is 1.73. The minimum atomic E-state index is -0.127. The molecule has 1 aliphatic rings. The number of likely N-dealkylation sites (tertiary alicyclic amines) is 1. The first-order valence-corrected chi connectivity index (χ1v) is 12.4. The molecule has 36 heavy (non-hydrogen) atoms. The monoisotopic (exact) mass is 489 g/mol. The third-order valence-corrected chi connectivity index (χ3v) is 6.69.